The van der Waals surface area contributed by atoms with E-state index in [0.717, 1.165) is 4.47 Å². The van der Waals surface area contributed by atoms with Crippen molar-refractivity contribution < 1.29 is 13.2 Å². The van der Waals surface area contributed by atoms with Crippen molar-refractivity contribution >= 4 is 58.9 Å². The zero-order chi connectivity index (χ0) is 14.2. The van der Waals surface area contributed by atoms with E-state index in [1.165, 1.54) is 4.90 Å². The van der Waals surface area contributed by atoms with E-state index >= 15 is 0 Å². The molecule has 4 nitrogen and oxygen atoms in total. The Bertz CT molecular complexity index is 620. The molecule has 8 heteroatoms. The summed E-state index contributed by atoms with van der Waals surface area (Å²) in [5.41, 5.74) is 0.579. The number of rotatable bonds is 3. The topological polar surface area (TPSA) is 54.5 Å². The molecule has 1 aliphatic heterocycles. The van der Waals surface area contributed by atoms with E-state index in [-0.39, 0.29) is 24.0 Å². The van der Waals surface area contributed by atoms with Gasteiger partial charge in [0.15, 0.2) is 0 Å². The molecule has 0 saturated carbocycles. The van der Waals surface area contributed by atoms with Crippen LogP contribution >= 0.6 is 38.2 Å². The summed E-state index contributed by atoms with van der Waals surface area (Å²) in [6.45, 7) is 0.307. The molecule has 0 N–H and O–H groups in total. The van der Waals surface area contributed by atoms with E-state index in [2.05, 4.69) is 15.9 Å². The number of amides is 1. The lowest BCUT2D eigenvalue weighted by Gasteiger charge is -2.18. The van der Waals surface area contributed by atoms with Crippen molar-refractivity contribution in [3.63, 3.8) is 0 Å². The van der Waals surface area contributed by atoms with E-state index in [0.29, 0.717) is 17.3 Å². The summed E-state index contributed by atoms with van der Waals surface area (Å²) in [6, 6.07) is 5.19. The van der Waals surface area contributed by atoms with Crippen molar-refractivity contribution in [1.29, 1.82) is 0 Å². The molecule has 0 aliphatic carbocycles. The molecule has 104 valence electrons. The van der Waals surface area contributed by atoms with E-state index in [9.17, 15) is 13.2 Å². The average molecular weight is 387 g/mol. The van der Waals surface area contributed by atoms with Gasteiger partial charge in [-0.25, -0.2) is 8.42 Å². The first-order chi connectivity index (χ1) is 8.76. The maximum absolute atomic E-state index is 11.9. The molecule has 19 heavy (non-hydrogen) atoms. The van der Waals surface area contributed by atoms with Gasteiger partial charge in [0.25, 0.3) is 0 Å². The van der Waals surface area contributed by atoms with Crippen LogP contribution in [0.2, 0.25) is 5.02 Å². The van der Waals surface area contributed by atoms with Crippen LogP contribution in [0.25, 0.3) is 0 Å². The molecule has 0 spiro atoms. The minimum absolute atomic E-state index is 0.148. The number of benzene rings is 1. The molecule has 1 unspecified atom stereocenters. The van der Waals surface area contributed by atoms with Crippen molar-refractivity contribution in [3.05, 3.63) is 27.7 Å². The van der Waals surface area contributed by atoms with Gasteiger partial charge in [-0.15, -0.1) is 0 Å². The first kappa shape index (κ1) is 15.1. The predicted octanol–water partition coefficient (Wildman–Crippen LogP) is 3.02. The van der Waals surface area contributed by atoms with Crippen molar-refractivity contribution in [2.75, 3.05) is 17.2 Å². The third kappa shape index (κ3) is 3.84. The molecule has 2 rings (SSSR count). The van der Waals surface area contributed by atoms with Crippen LogP contribution in [0.15, 0.2) is 22.7 Å². The van der Waals surface area contributed by atoms with E-state index in [1.807, 2.05) is 0 Å². The molecular formula is C11H10BrCl2NO3S. The molecular weight excluding hydrogens is 377 g/mol. The van der Waals surface area contributed by atoms with Gasteiger partial charge >= 0.3 is 0 Å². The lowest BCUT2D eigenvalue weighted by Crippen LogP contribution is -2.25. The number of carbonyl (C=O) groups is 1. The number of hydrogen-bond donors (Lipinski definition) is 0. The summed E-state index contributed by atoms with van der Waals surface area (Å²) in [5, 5.41) is 0.450. The Hall–Kier alpha value is -0.300. The van der Waals surface area contributed by atoms with Crippen LogP contribution in [0.3, 0.4) is 0 Å². The quantitative estimate of drug-likeness (QED) is 0.750. The fraction of sp³-hybridized carbons (Fsp3) is 0.364. The molecule has 1 aromatic rings. The van der Waals surface area contributed by atoms with Gasteiger partial charge < -0.3 is 4.90 Å². The van der Waals surface area contributed by atoms with Crippen LogP contribution in [-0.2, 0) is 13.8 Å². The first-order valence-corrected chi connectivity index (χ1v) is 9.09. The number of halogens is 3. The van der Waals surface area contributed by atoms with Gasteiger partial charge in [0, 0.05) is 34.0 Å². The minimum Gasteiger partial charge on any atom is -0.311 e. The SMILES string of the molecule is O=C1CC(CS(=O)(=O)Cl)CN1c1cc(Br)ccc1Cl. The summed E-state index contributed by atoms with van der Waals surface area (Å²) in [6.07, 6.45) is 0.162. The molecule has 1 heterocycles. The number of hydrogen-bond acceptors (Lipinski definition) is 3. The Kier molecular flexibility index (Phi) is 4.45. The second-order valence-corrected chi connectivity index (χ2v) is 8.52. The zero-order valence-electron chi connectivity index (χ0n) is 9.64. The van der Waals surface area contributed by atoms with Gasteiger partial charge in [0.05, 0.1) is 16.5 Å². The molecule has 1 atom stereocenters. The molecule has 0 bridgehead atoms. The molecule has 1 saturated heterocycles. The van der Waals surface area contributed by atoms with Gasteiger partial charge in [0.2, 0.25) is 15.0 Å². The average Bonchev–Trinajstić information content (AvgIpc) is 2.60. The molecule has 1 amide bonds. The second kappa shape index (κ2) is 5.60. The van der Waals surface area contributed by atoms with Gasteiger partial charge in [-0.3, -0.25) is 4.79 Å². The highest BCUT2D eigenvalue weighted by Crippen LogP contribution is 2.34. The lowest BCUT2D eigenvalue weighted by molar-refractivity contribution is -0.117. The van der Waals surface area contributed by atoms with Crippen LogP contribution < -0.4 is 4.90 Å². The van der Waals surface area contributed by atoms with Crippen molar-refractivity contribution in [2.24, 2.45) is 5.92 Å². The normalized spacial score (nSPS) is 20.1. The van der Waals surface area contributed by atoms with Crippen LogP contribution in [0.4, 0.5) is 5.69 Å². The molecule has 1 aliphatic rings. The third-order valence-electron chi connectivity index (χ3n) is 2.84. The van der Waals surface area contributed by atoms with E-state index < -0.39 is 9.05 Å². The highest BCUT2D eigenvalue weighted by molar-refractivity contribution is 9.10. The fourth-order valence-electron chi connectivity index (χ4n) is 2.10. The number of nitrogens with zero attached hydrogens (tertiary/aromatic N) is 1. The first-order valence-electron chi connectivity index (χ1n) is 5.44. The Morgan fingerprint density at radius 1 is 1.42 bits per heavy atom. The molecule has 0 radical (unpaired) electrons. The summed E-state index contributed by atoms with van der Waals surface area (Å²) in [5.74, 6) is -0.655. The summed E-state index contributed by atoms with van der Waals surface area (Å²) in [4.78, 5) is 13.4. The van der Waals surface area contributed by atoms with Gasteiger partial charge in [0.1, 0.15) is 0 Å². The van der Waals surface area contributed by atoms with Gasteiger partial charge in [-0.05, 0) is 18.2 Å². The monoisotopic (exact) mass is 385 g/mol. The summed E-state index contributed by atoms with van der Waals surface area (Å²) < 4.78 is 22.9. The van der Waals surface area contributed by atoms with Crippen LogP contribution in [0, 0.1) is 5.92 Å². The van der Waals surface area contributed by atoms with Crippen LogP contribution in [0.5, 0.6) is 0 Å². The second-order valence-electron chi connectivity index (χ2n) is 4.38. The fourth-order valence-corrected chi connectivity index (χ4v) is 3.99. The minimum atomic E-state index is -3.60. The largest absolute Gasteiger partial charge is 0.311 e. The molecule has 1 fully saturated rings. The van der Waals surface area contributed by atoms with Crippen molar-refractivity contribution in [1.82, 2.24) is 0 Å². The zero-order valence-corrected chi connectivity index (χ0v) is 13.6. The van der Waals surface area contributed by atoms with E-state index in [4.69, 9.17) is 22.3 Å². The molecule has 0 aromatic heterocycles. The van der Waals surface area contributed by atoms with Gasteiger partial charge in [-0.2, -0.15) is 0 Å². The highest BCUT2D eigenvalue weighted by Gasteiger charge is 2.34. The smallest absolute Gasteiger partial charge is 0.232 e. The maximum atomic E-state index is 11.9. The standard InChI is InChI=1S/C11H10BrCl2NO3S/c12-8-1-2-9(13)10(4-8)15-5-7(3-11(15)16)6-19(14,17)18/h1-2,4,7H,3,5-6H2. The summed E-state index contributed by atoms with van der Waals surface area (Å²) >= 11 is 9.38. The number of carbonyl (C=O) groups excluding carboxylic acids is 1. The summed E-state index contributed by atoms with van der Waals surface area (Å²) in [7, 11) is 1.62. The third-order valence-corrected chi connectivity index (χ3v) is 4.90. The van der Waals surface area contributed by atoms with E-state index in [1.54, 1.807) is 18.2 Å². The Morgan fingerprint density at radius 3 is 2.74 bits per heavy atom. The van der Waals surface area contributed by atoms with Gasteiger partial charge in [-0.1, -0.05) is 27.5 Å². The van der Waals surface area contributed by atoms with Crippen molar-refractivity contribution in [2.45, 2.75) is 6.42 Å². The Morgan fingerprint density at radius 2 is 2.11 bits per heavy atom. The van der Waals surface area contributed by atoms with Crippen LogP contribution in [-0.4, -0.2) is 26.6 Å². The number of anilines is 1. The van der Waals surface area contributed by atoms with Crippen LogP contribution in [0.1, 0.15) is 6.42 Å². The Labute approximate surface area is 129 Å². The lowest BCUT2D eigenvalue weighted by atomic mass is 10.1. The Balaban J connectivity index is 2.23. The molecule has 1 aromatic carbocycles. The maximum Gasteiger partial charge on any atom is 0.232 e. The van der Waals surface area contributed by atoms with Crippen molar-refractivity contribution in [3.8, 4) is 0 Å². The predicted molar refractivity (Wildman–Crippen MR) is 79.3 cm³/mol. The highest BCUT2D eigenvalue weighted by atomic mass is 79.9.